The highest BCUT2D eigenvalue weighted by atomic mass is 16.5. The summed E-state index contributed by atoms with van der Waals surface area (Å²) >= 11 is 0. The van der Waals surface area contributed by atoms with E-state index in [4.69, 9.17) is 5.21 Å². The fourth-order valence-electron chi connectivity index (χ4n) is 0.760. The van der Waals surface area contributed by atoms with Crippen molar-refractivity contribution < 1.29 is 10.0 Å². The third-order valence-corrected chi connectivity index (χ3v) is 1.25. The van der Waals surface area contributed by atoms with Gasteiger partial charge in [-0.05, 0) is 17.7 Å². The molecule has 0 unspecified atom stereocenters. The highest BCUT2D eigenvalue weighted by Crippen LogP contribution is 1.98. The molecule has 0 aliphatic rings. The van der Waals surface area contributed by atoms with E-state index in [0.29, 0.717) is 18.5 Å². The number of hydroxylamine groups is 1. The van der Waals surface area contributed by atoms with Crippen LogP contribution in [0.1, 0.15) is 16.1 Å². The Labute approximate surface area is 63.8 Å². The van der Waals surface area contributed by atoms with Crippen LogP contribution in [0, 0.1) is 0 Å². The molecule has 0 aliphatic carbocycles. The van der Waals surface area contributed by atoms with Crippen molar-refractivity contribution in [3.8, 4) is 0 Å². The molecule has 2 N–H and O–H groups in total. The van der Waals surface area contributed by atoms with Crippen LogP contribution in [-0.4, -0.2) is 16.5 Å². The summed E-state index contributed by atoms with van der Waals surface area (Å²) in [4.78, 5) is 14.0. The van der Waals surface area contributed by atoms with E-state index in [2.05, 4.69) is 4.98 Å². The first-order chi connectivity index (χ1) is 5.36. The summed E-state index contributed by atoms with van der Waals surface area (Å²) in [5.41, 5.74) is 3.19. The van der Waals surface area contributed by atoms with Gasteiger partial charge in [-0.1, -0.05) is 0 Å². The predicted octanol–water partition coefficient (Wildman–Crippen LogP) is 0.373. The van der Waals surface area contributed by atoms with E-state index in [1.54, 1.807) is 12.1 Å². The average molecular weight is 152 g/mol. The molecule has 1 heterocycles. The van der Waals surface area contributed by atoms with Crippen molar-refractivity contribution in [1.82, 2.24) is 10.5 Å². The van der Waals surface area contributed by atoms with Crippen LogP contribution < -0.4 is 5.48 Å². The van der Waals surface area contributed by atoms with E-state index in [1.807, 2.05) is 5.48 Å². The molecule has 58 valence electrons. The van der Waals surface area contributed by atoms with Gasteiger partial charge in [-0.3, -0.25) is 9.78 Å². The van der Waals surface area contributed by atoms with Gasteiger partial charge in [0.1, 0.15) is 5.69 Å². The first-order valence-corrected chi connectivity index (χ1v) is 3.14. The highest BCUT2D eigenvalue weighted by Gasteiger charge is 1.93. The molecule has 0 saturated heterocycles. The van der Waals surface area contributed by atoms with Crippen molar-refractivity contribution in [2.75, 3.05) is 0 Å². The van der Waals surface area contributed by atoms with Crippen LogP contribution in [0.2, 0.25) is 0 Å². The van der Waals surface area contributed by atoms with Gasteiger partial charge in [-0.25, -0.2) is 5.48 Å². The second-order valence-corrected chi connectivity index (χ2v) is 2.04. The van der Waals surface area contributed by atoms with E-state index in [9.17, 15) is 4.79 Å². The standard InChI is InChI=1S/C7H8N2O2/c10-5-7-3-6(4-9-11)1-2-8-7/h1-3,5,9,11H,4H2. The fraction of sp³-hybridized carbons (Fsp3) is 0.143. The number of aromatic nitrogens is 1. The smallest absolute Gasteiger partial charge is 0.168 e. The first kappa shape index (κ1) is 7.84. The van der Waals surface area contributed by atoms with E-state index >= 15 is 0 Å². The van der Waals surface area contributed by atoms with Crippen molar-refractivity contribution in [2.24, 2.45) is 0 Å². The maximum atomic E-state index is 10.2. The Morgan fingerprint density at radius 1 is 1.73 bits per heavy atom. The second kappa shape index (κ2) is 3.80. The molecule has 1 aromatic rings. The molecular formula is C7H8N2O2. The Morgan fingerprint density at radius 2 is 2.55 bits per heavy atom. The van der Waals surface area contributed by atoms with Gasteiger partial charge >= 0.3 is 0 Å². The van der Waals surface area contributed by atoms with E-state index in [0.717, 1.165) is 5.56 Å². The van der Waals surface area contributed by atoms with Gasteiger partial charge in [0.2, 0.25) is 0 Å². The minimum Gasteiger partial charge on any atom is -0.316 e. The Balaban J connectivity index is 2.82. The third kappa shape index (κ3) is 2.10. The summed E-state index contributed by atoms with van der Waals surface area (Å²) in [6.07, 6.45) is 2.19. The molecule has 0 aromatic carbocycles. The van der Waals surface area contributed by atoms with Gasteiger partial charge in [0.05, 0.1) is 0 Å². The van der Waals surface area contributed by atoms with Crippen LogP contribution in [0.25, 0.3) is 0 Å². The quantitative estimate of drug-likeness (QED) is 0.485. The van der Waals surface area contributed by atoms with Crippen LogP contribution in [0.15, 0.2) is 18.3 Å². The molecule has 4 heteroatoms. The molecule has 0 atom stereocenters. The molecule has 1 rings (SSSR count). The Bertz CT molecular complexity index is 250. The summed E-state index contributed by atoms with van der Waals surface area (Å²) < 4.78 is 0. The first-order valence-electron chi connectivity index (χ1n) is 3.14. The Kier molecular flexibility index (Phi) is 2.71. The van der Waals surface area contributed by atoms with Gasteiger partial charge in [0.25, 0.3) is 0 Å². The number of aldehydes is 1. The minimum absolute atomic E-state index is 0.323. The summed E-state index contributed by atoms with van der Waals surface area (Å²) in [7, 11) is 0. The molecule has 0 spiro atoms. The van der Waals surface area contributed by atoms with Gasteiger partial charge in [0.15, 0.2) is 6.29 Å². The second-order valence-electron chi connectivity index (χ2n) is 2.04. The van der Waals surface area contributed by atoms with Crippen LogP contribution in [0.4, 0.5) is 0 Å². The lowest BCUT2D eigenvalue weighted by Gasteiger charge is -1.97. The topological polar surface area (TPSA) is 62.2 Å². The zero-order valence-electron chi connectivity index (χ0n) is 5.82. The van der Waals surface area contributed by atoms with Gasteiger partial charge in [0, 0.05) is 12.7 Å². The van der Waals surface area contributed by atoms with Crippen molar-refractivity contribution >= 4 is 6.29 Å². The monoisotopic (exact) mass is 152 g/mol. The summed E-state index contributed by atoms with van der Waals surface area (Å²) in [5, 5.41) is 8.32. The lowest BCUT2D eigenvalue weighted by atomic mass is 10.2. The lowest BCUT2D eigenvalue weighted by Crippen LogP contribution is -2.06. The fourth-order valence-corrected chi connectivity index (χ4v) is 0.760. The number of rotatable bonds is 3. The van der Waals surface area contributed by atoms with Crippen molar-refractivity contribution in [3.05, 3.63) is 29.6 Å². The maximum Gasteiger partial charge on any atom is 0.168 e. The third-order valence-electron chi connectivity index (χ3n) is 1.25. The number of hydrogen-bond acceptors (Lipinski definition) is 4. The molecule has 0 bridgehead atoms. The van der Waals surface area contributed by atoms with E-state index in [1.165, 1.54) is 6.20 Å². The van der Waals surface area contributed by atoms with Gasteiger partial charge in [-0.15, -0.1) is 0 Å². The van der Waals surface area contributed by atoms with Crippen LogP contribution in [0.5, 0.6) is 0 Å². The van der Waals surface area contributed by atoms with E-state index < -0.39 is 0 Å². The molecule has 1 aromatic heterocycles. The number of hydrogen-bond donors (Lipinski definition) is 2. The number of pyridine rings is 1. The Morgan fingerprint density at radius 3 is 3.18 bits per heavy atom. The van der Waals surface area contributed by atoms with Crippen LogP contribution in [-0.2, 0) is 6.54 Å². The molecule has 0 radical (unpaired) electrons. The Hall–Kier alpha value is -1.26. The lowest BCUT2D eigenvalue weighted by molar-refractivity contribution is 0.111. The van der Waals surface area contributed by atoms with Crippen LogP contribution >= 0.6 is 0 Å². The minimum atomic E-state index is 0.323. The van der Waals surface area contributed by atoms with Gasteiger partial charge in [-0.2, -0.15) is 0 Å². The largest absolute Gasteiger partial charge is 0.316 e. The molecule has 0 saturated carbocycles. The molecule has 11 heavy (non-hydrogen) atoms. The zero-order chi connectivity index (χ0) is 8.10. The SMILES string of the molecule is O=Cc1cc(CNO)ccn1. The summed E-state index contributed by atoms with van der Waals surface area (Å²) in [6.45, 7) is 0.323. The molecule has 0 fully saturated rings. The zero-order valence-corrected chi connectivity index (χ0v) is 5.82. The molecule has 4 nitrogen and oxygen atoms in total. The highest BCUT2D eigenvalue weighted by molar-refractivity contribution is 5.71. The summed E-state index contributed by atoms with van der Waals surface area (Å²) in [6, 6.07) is 3.33. The normalized spacial score (nSPS) is 9.55. The molecule has 0 amide bonds. The maximum absolute atomic E-state index is 10.2. The van der Waals surface area contributed by atoms with E-state index in [-0.39, 0.29) is 0 Å². The number of carbonyl (C=O) groups excluding carboxylic acids is 1. The number of carbonyl (C=O) groups is 1. The number of nitrogens with zero attached hydrogens (tertiary/aromatic N) is 1. The van der Waals surface area contributed by atoms with Crippen molar-refractivity contribution in [3.63, 3.8) is 0 Å². The van der Waals surface area contributed by atoms with Crippen molar-refractivity contribution in [1.29, 1.82) is 0 Å². The summed E-state index contributed by atoms with van der Waals surface area (Å²) in [5.74, 6) is 0. The molecule has 0 aliphatic heterocycles. The molecular weight excluding hydrogens is 144 g/mol. The van der Waals surface area contributed by atoms with Crippen molar-refractivity contribution in [2.45, 2.75) is 6.54 Å². The van der Waals surface area contributed by atoms with Crippen LogP contribution in [0.3, 0.4) is 0 Å². The van der Waals surface area contributed by atoms with Gasteiger partial charge < -0.3 is 5.21 Å². The predicted molar refractivity (Wildman–Crippen MR) is 38.3 cm³/mol. The number of nitrogens with one attached hydrogen (secondary N) is 1. The average Bonchev–Trinajstić information content (AvgIpc) is 2.06.